The Bertz CT molecular complexity index is 777. The van der Waals surface area contributed by atoms with Gasteiger partial charge in [-0.25, -0.2) is 4.68 Å². The van der Waals surface area contributed by atoms with Crippen molar-refractivity contribution in [2.45, 2.75) is 13.3 Å². The highest BCUT2D eigenvalue weighted by molar-refractivity contribution is 5.94. The summed E-state index contributed by atoms with van der Waals surface area (Å²) in [6, 6.07) is 17.7. The van der Waals surface area contributed by atoms with Gasteiger partial charge in [0.05, 0.1) is 5.69 Å². The molecule has 0 fully saturated rings. The first-order valence-electron chi connectivity index (χ1n) is 7.66. The number of hydrogen-bond acceptors (Lipinski definition) is 2. The number of benzene rings is 2. The van der Waals surface area contributed by atoms with Gasteiger partial charge in [0.25, 0.3) is 5.91 Å². The summed E-state index contributed by atoms with van der Waals surface area (Å²) in [5.74, 6) is -0.0261. The number of hydrogen-bond donors (Lipinski definition) is 1. The molecule has 0 aliphatic heterocycles. The fourth-order valence-electron chi connectivity index (χ4n) is 2.45. The third-order valence-corrected chi connectivity index (χ3v) is 3.68. The number of carbonyl (C=O) groups excluding carboxylic acids is 1. The van der Waals surface area contributed by atoms with E-state index in [0.717, 1.165) is 17.7 Å². The quantitative estimate of drug-likeness (QED) is 0.787. The predicted octanol–water partition coefficient (Wildman–Crippen LogP) is 3.15. The SMILES string of the molecule is Cc1cccc(C(=O)NCCc2ccc(-n3cccn3)cc2)c1. The molecule has 0 atom stereocenters. The first-order valence-corrected chi connectivity index (χ1v) is 7.66. The minimum absolute atomic E-state index is 0.0261. The van der Waals surface area contributed by atoms with E-state index < -0.39 is 0 Å². The van der Waals surface area contributed by atoms with Crippen LogP contribution in [0.15, 0.2) is 67.0 Å². The molecule has 0 aliphatic carbocycles. The maximum Gasteiger partial charge on any atom is 0.251 e. The highest BCUT2D eigenvalue weighted by Gasteiger charge is 2.04. The topological polar surface area (TPSA) is 46.9 Å². The molecule has 23 heavy (non-hydrogen) atoms. The van der Waals surface area contributed by atoms with Gasteiger partial charge in [-0.2, -0.15) is 5.10 Å². The zero-order chi connectivity index (χ0) is 16.1. The van der Waals surface area contributed by atoms with Gasteiger partial charge >= 0.3 is 0 Å². The number of carbonyl (C=O) groups is 1. The number of aryl methyl sites for hydroxylation is 1. The fraction of sp³-hybridized carbons (Fsp3) is 0.158. The van der Waals surface area contributed by atoms with Crippen molar-refractivity contribution < 1.29 is 4.79 Å². The van der Waals surface area contributed by atoms with Crippen molar-refractivity contribution in [3.63, 3.8) is 0 Å². The van der Waals surface area contributed by atoms with Gasteiger partial charge in [-0.3, -0.25) is 4.79 Å². The van der Waals surface area contributed by atoms with Gasteiger partial charge in [-0.1, -0.05) is 29.8 Å². The molecule has 1 N–H and O–H groups in total. The van der Waals surface area contributed by atoms with Gasteiger partial charge in [0.2, 0.25) is 0 Å². The maximum absolute atomic E-state index is 12.1. The molecule has 4 nitrogen and oxygen atoms in total. The molecule has 116 valence electrons. The van der Waals surface area contributed by atoms with Gasteiger partial charge in [0.1, 0.15) is 0 Å². The lowest BCUT2D eigenvalue weighted by molar-refractivity contribution is 0.0954. The number of rotatable bonds is 5. The summed E-state index contributed by atoms with van der Waals surface area (Å²) in [6.07, 6.45) is 4.47. The summed E-state index contributed by atoms with van der Waals surface area (Å²) in [7, 11) is 0. The Morgan fingerprint density at radius 3 is 2.65 bits per heavy atom. The Kier molecular flexibility index (Phi) is 4.52. The van der Waals surface area contributed by atoms with Crippen LogP contribution in [-0.2, 0) is 6.42 Å². The van der Waals surface area contributed by atoms with Gasteiger partial charge < -0.3 is 5.32 Å². The first-order chi connectivity index (χ1) is 11.2. The number of aromatic nitrogens is 2. The van der Waals surface area contributed by atoms with E-state index in [1.54, 1.807) is 6.20 Å². The molecule has 0 saturated heterocycles. The Balaban J connectivity index is 1.53. The molecule has 0 saturated carbocycles. The van der Waals surface area contributed by atoms with Crippen molar-refractivity contribution in [2.24, 2.45) is 0 Å². The van der Waals surface area contributed by atoms with Crippen molar-refractivity contribution in [2.75, 3.05) is 6.54 Å². The minimum Gasteiger partial charge on any atom is -0.352 e. The second-order valence-electron chi connectivity index (χ2n) is 5.49. The molecular weight excluding hydrogens is 286 g/mol. The van der Waals surface area contributed by atoms with E-state index in [2.05, 4.69) is 22.5 Å². The maximum atomic E-state index is 12.1. The van der Waals surface area contributed by atoms with Crippen molar-refractivity contribution in [1.29, 1.82) is 0 Å². The van der Waals surface area contributed by atoms with Crippen molar-refractivity contribution in [1.82, 2.24) is 15.1 Å². The van der Waals surface area contributed by atoms with Crippen LogP contribution in [0.25, 0.3) is 5.69 Å². The number of nitrogens with one attached hydrogen (secondary N) is 1. The fourth-order valence-corrected chi connectivity index (χ4v) is 2.45. The smallest absolute Gasteiger partial charge is 0.251 e. The molecule has 0 spiro atoms. The van der Waals surface area contributed by atoms with E-state index in [0.29, 0.717) is 12.1 Å². The van der Waals surface area contributed by atoms with E-state index in [4.69, 9.17) is 0 Å². The summed E-state index contributed by atoms with van der Waals surface area (Å²) in [5.41, 5.74) is 4.01. The normalized spacial score (nSPS) is 10.5. The summed E-state index contributed by atoms with van der Waals surface area (Å²) in [6.45, 7) is 2.60. The number of nitrogens with zero attached hydrogens (tertiary/aromatic N) is 2. The lowest BCUT2D eigenvalue weighted by Crippen LogP contribution is -2.25. The summed E-state index contributed by atoms with van der Waals surface area (Å²) < 4.78 is 1.82. The summed E-state index contributed by atoms with van der Waals surface area (Å²) in [5, 5.41) is 7.16. The van der Waals surface area contributed by atoms with Crippen LogP contribution in [0.4, 0.5) is 0 Å². The van der Waals surface area contributed by atoms with Gasteiger partial charge in [-0.15, -0.1) is 0 Å². The zero-order valence-electron chi connectivity index (χ0n) is 13.1. The van der Waals surface area contributed by atoms with E-state index in [1.165, 1.54) is 5.56 Å². The lowest BCUT2D eigenvalue weighted by Gasteiger charge is -2.07. The van der Waals surface area contributed by atoms with Crippen LogP contribution in [0.2, 0.25) is 0 Å². The minimum atomic E-state index is -0.0261. The molecule has 3 aromatic rings. The zero-order valence-corrected chi connectivity index (χ0v) is 13.1. The van der Waals surface area contributed by atoms with Crippen LogP contribution >= 0.6 is 0 Å². The average molecular weight is 305 g/mol. The highest BCUT2D eigenvalue weighted by atomic mass is 16.1. The van der Waals surface area contributed by atoms with Crippen LogP contribution in [0, 0.1) is 6.92 Å². The number of amides is 1. The molecule has 3 rings (SSSR count). The van der Waals surface area contributed by atoms with E-state index in [-0.39, 0.29) is 5.91 Å². The van der Waals surface area contributed by atoms with Crippen molar-refractivity contribution in [3.8, 4) is 5.69 Å². The molecular formula is C19H19N3O. The molecule has 1 heterocycles. The highest BCUT2D eigenvalue weighted by Crippen LogP contribution is 2.09. The van der Waals surface area contributed by atoms with Crippen LogP contribution in [0.5, 0.6) is 0 Å². The van der Waals surface area contributed by atoms with Gasteiger partial charge in [0.15, 0.2) is 0 Å². The van der Waals surface area contributed by atoms with Crippen molar-refractivity contribution in [3.05, 3.63) is 83.7 Å². The molecule has 1 aromatic heterocycles. The standard InChI is InChI=1S/C19H19N3O/c1-15-4-2-5-17(14-15)19(23)20-12-10-16-6-8-18(9-7-16)22-13-3-11-21-22/h2-9,11,13-14H,10,12H2,1H3,(H,20,23). The van der Waals surface area contributed by atoms with Crippen LogP contribution in [0.1, 0.15) is 21.5 Å². The third-order valence-electron chi connectivity index (χ3n) is 3.68. The molecule has 0 unspecified atom stereocenters. The Labute approximate surface area is 135 Å². The third kappa shape index (κ3) is 3.86. The average Bonchev–Trinajstić information content (AvgIpc) is 3.10. The molecule has 2 aromatic carbocycles. The van der Waals surface area contributed by atoms with Crippen LogP contribution < -0.4 is 5.32 Å². The Morgan fingerprint density at radius 1 is 1.13 bits per heavy atom. The molecule has 1 amide bonds. The monoisotopic (exact) mass is 305 g/mol. The molecule has 0 radical (unpaired) electrons. The van der Waals surface area contributed by atoms with Crippen LogP contribution in [0.3, 0.4) is 0 Å². The second-order valence-corrected chi connectivity index (χ2v) is 5.49. The van der Waals surface area contributed by atoms with E-state index in [9.17, 15) is 4.79 Å². The van der Waals surface area contributed by atoms with Gasteiger partial charge in [-0.05, 0) is 49.2 Å². The second kappa shape index (κ2) is 6.92. The largest absolute Gasteiger partial charge is 0.352 e. The molecule has 4 heteroatoms. The first kappa shape index (κ1) is 15.0. The Morgan fingerprint density at radius 2 is 1.96 bits per heavy atom. The van der Waals surface area contributed by atoms with Gasteiger partial charge in [0, 0.05) is 24.5 Å². The Hall–Kier alpha value is -2.88. The van der Waals surface area contributed by atoms with E-state index >= 15 is 0 Å². The molecule has 0 bridgehead atoms. The van der Waals surface area contributed by atoms with Crippen molar-refractivity contribution >= 4 is 5.91 Å². The molecule has 0 aliphatic rings. The summed E-state index contributed by atoms with van der Waals surface area (Å²) in [4.78, 5) is 12.1. The predicted molar refractivity (Wildman–Crippen MR) is 90.8 cm³/mol. The lowest BCUT2D eigenvalue weighted by atomic mass is 10.1. The van der Waals surface area contributed by atoms with E-state index in [1.807, 2.05) is 60.3 Å². The van der Waals surface area contributed by atoms with Crippen LogP contribution in [-0.4, -0.2) is 22.2 Å². The summed E-state index contributed by atoms with van der Waals surface area (Å²) >= 11 is 0.